The average molecular weight is 366 g/mol. The van der Waals surface area contributed by atoms with Crippen molar-refractivity contribution in [2.24, 2.45) is 0 Å². The first-order chi connectivity index (χ1) is 11.7. The van der Waals surface area contributed by atoms with Crippen molar-refractivity contribution in [3.8, 4) is 0 Å². The van der Waals surface area contributed by atoms with Crippen molar-refractivity contribution in [2.75, 3.05) is 18.0 Å². The van der Waals surface area contributed by atoms with E-state index in [1.807, 2.05) is 32.0 Å². The molecule has 1 N–H and O–H groups in total. The Morgan fingerprint density at radius 3 is 2.56 bits per heavy atom. The van der Waals surface area contributed by atoms with Gasteiger partial charge in [-0.3, -0.25) is 0 Å². The third-order valence-corrected chi connectivity index (χ3v) is 5.91. The summed E-state index contributed by atoms with van der Waals surface area (Å²) in [6, 6.07) is 10.6. The molecule has 0 saturated carbocycles. The number of halogens is 2. The van der Waals surface area contributed by atoms with E-state index in [0.29, 0.717) is 6.07 Å². The number of benzene rings is 2. The summed E-state index contributed by atoms with van der Waals surface area (Å²) in [7, 11) is -3.92. The van der Waals surface area contributed by atoms with Crippen molar-refractivity contribution in [3.63, 3.8) is 0 Å². The van der Waals surface area contributed by atoms with Crippen LogP contribution in [0.5, 0.6) is 0 Å². The Labute approximate surface area is 146 Å². The highest BCUT2D eigenvalue weighted by Crippen LogP contribution is 2.33. The molecule has 0 spiro atoms. The molecule has 1 heterocycles. The van der Waals surface area contributed by atoms with E-state index in [-0.39, 0.29) is 11.4 Å². The Balaban J connectivity index is 1.77. The Morgan fingerprint density at radius 2 is 1.84 bits per heavy atom. The summed E-state index contributed by atoms with van der Waals surface area (Å²) in [4.78, 5) is 1.87. The predicted octanol–water partition coefficient (Wildman–Crippen LogP) is 3.08. The van der Waals surface area contributed by atoms with Crippen LogP contribution in [0.25, 0.3) is 0 Å². The molecule has 0 bridgehead atoms. The Bertz CT molecular complexity index is 898. The van der Waals surface area contributed by atoms with E-state index in [1.54, 1.807) is 0 Å². The first-order valence-corrected chi connectivity index (χ1v) is 9.49. The maximum absolute atomic E-state index is 13.3. The molecule has 7 heteroatoms. The highest BCUT2D eigenvalue weighted by Gasteiger charge is 2.33. The van der Waals surface area contributed by atoms with E-state index in [0.717, 1.165) is 30.8 Å². The predicted molar refractivity (Wildman–Crippen MR) is 93.1 cm³/mol. The topological polar surface area (TPSA) is 49.4 Å². The summed E-state index contributed by atoms with van der Waals surface area (Å²) >= 11 is 0. The second-order valence-electron chi connectivity index (χ2n) is 6.74. The highest BCUT2D eigenvalue weighted by molar-refractivity contribution is 7.89. The molecule has 2 aromatic carbocycles. The summed E-state index contributed by atoms with van der Waals surface area (Å²) in [6.07, 6.45) is 0.912. The molecule has 0 unspecified atom stereocenters. The summed E-state index contributed by atoms with van der Waals surface area (Å²) < 4.78 is 53.6. The molecular formula is C18H20F2N2O2S. The molecular weight excluding hydrogens is 346 g/mol. The Hall–Kier alpha value is -1.99. The minimum absolute atomic E-state index is 0.142. The quantitative estimate of drug-likeness (QED) is 0.885. The van der Waals surface area contributed by atoms with Gasteiger partial charge in [-0.2, -0.15) is 0 Å². The molecule has 0 atom stereocenters. The number of nitrogens with zero attached hydrogens (tertiary/aromatic N) is 1. The molecule has 4 nitrogen and oxygen atoms in total. The van der Waals surface area contributed by atoms with Crippen LogP contribution in [0.1, 0.15) is 19.4 Å². The van der Waals surface area contributed by atoms with E-state index in [9.17, 15) is 17.2 Å². The number of para-hydroxylation sites is 1. The zero-order chi connectivity index (χ0) is 18.2. The van der Waals surface area contributed by atoms with Gasteiger partial charge in [-0.1, -0.05) is 18.2 Å². The van der Waals surface area contributed by atoms with Crippen molar-refractivity contribution >= 4 is 15.7 Å². The van der Waals surface area contributed by atoms with Crippen LogP contribution in [0.3, 0.4) is 0 Å². The molecule has 0 fully saturated rings. The van der Waals surface area contributed by atoms with Gasteiger partial charge in [0.2, 0.25) is 10.0 Å². The fourth-order valence-corrected chi connectivity index (χ4v) is 4.28. The van der Waals surface area contributed by atoms with Gasteiger partial charge < -0.3 is 4.90 Å². The van der Waals surface area contributed by atoms with E-state index in [1.165, 1.54) is 5.56 Å². The lowest BCUT2D eigenvalue weighted by molar-refractivity contribution is 0.458. The van der Waals surface area contributed by atoms with Crippen molar-refractivity contribution < 1.29 is 17.2 Å². The minimum Gasteiger partial charge on any atom is -0.365 e. The molecule has 1 aliphatic heterocycles. The Morgan fingerprint density at radius 1 is 1.12 bits per heavy atom. The van der Waals surface area contributed by atoms with E-state index < -0.39 is 27.2 Å². The van der Waals surface area contributed by atoms with Gasteiger partial charge >= 0.3 is 0 Å². The first-order valence-electron chi connectivity index (χ1n) is 8.01. The van der Waals surface area contributed by atoms with Crippen LogP contribution in [0, 0.1) is 11.6 Å². The Kier molecular flexibility index (Phi) is 4.55. The average Bonchev–Trinajstić information content (AvgIpc) is 3.00. The second kappa shape index (κ2) is 6.38. The monoisotopic (exact) mass is 366 g/mol. The number of anilines is 1. The lowest BCUT2D eigenvalue weighted by Crippen LogP contribution is -2.51. The molecule has 0 saturated heterocycles. The lowest BCUT2D eigenvalue weighted by Gasteiger charge is -2.38. The largest absolute Gasteiger partial charge is 0.365 e. The molecule has 134 valence electrons. The zero-order valence-electron chi connectivity index (χ0n) is 14.1. The van der Waals surface area contributed by atoms with Crippen LogP contribution in [0.2, 0.25) is 0 Å². The van der Waals surface area contributed by atoms with Gasteiger partial charge in [0.25, 0.3) is 0 Å². The number of sulfonamides is 1. The van der Waals surface area contributed by atoms with Gasteiger partial charge in [-0.25, -0.2) is 21.9 Å². The third kappa shape index (κ3) is 3.52. The van der Waals surface area contributed by atoms with E-state index in [2.05, 4.69) is 15.7 Å². The van der Waals surface area contributed by atoms with Gasteiger partial charge in [-0.15, -0.1) is 0 Å². The number of nitrogens with one attached hydrogen (secondary N) is 1. The van der Waals surface area contributed by atoms with Crippen molar-refractivity contribution in [1.29, 1.82) is 0 Å². The smallest absolute Gasteiger partial charge is 0.240 e. The summed E-state index contributed by atoms with van der Waals surface area (Å²) in [5.41, 5.74) is 1.86. The van der Waals surface area contributed by atoms with Crippen molar-refractivity contribution in [3.05, 3.63) is 59.7 Å². The summed E-state index contributed by atoms with van der Waals surface area (Å²) in [5.74, 6) is -2.26. The maximum atomic E-state index is 13.3. The van der Waals surface area contributed by atoms with Crippen LogP contribution in [0.15, 0.2) is 47.4 Å². The van der Waals surface area contributed by atoms with Crippen LogP contribution >= 0.6 is 0 Å². The van der Waals surface area contributed by atoms with Gasteiger partial charge in [0.15, 0.2) is 11.6 Å². The summed E-state index contributed by atoms with van der Waals surface area (Å²) in [5, 5.41) is 0. The molecule has 25 heavy (non-hydrogen) atoms. The van der Waals surface area contributed by atoms with Crippen LogP contribution < -0.4 is 9.62 Å². The SMILES string of the molecule is CC(C)(CNS(=O)(=O)c1ccc(F)c(F)c1)N1CCc2ccccc21. The molecule has 2 aromatic rings. The maximum Gasteiger partial charge on any atom is 0.240 e. The van der Waals surface area contributed by atoms with Crippen molar-refractivity contribution in [2.45, 2.75) is 30.7 Å². The number of hydrogen-bond donors (Lipinski definition) is 1. The fraction of sp³-hybridized carbons (Fsp3) is 0.333. The summed E-state index contributed by atoms with van der Waals surface area (Å²) in [6.45, 7) is 4.84. The van der Waals surface area contributed by atoms with Gasteiger partial charge in [-0.05, 0) is 50.1 Å². The number of hydrogen-bond acceptors (Lipinski definition) is 3. The van der Waals surface area contributed by atoms with Gasteiger partial charge in [0.05, 0.1) is 4.90 Å². The minimum atomic E-state index is -3.92. The van der Waals surface area contributed by atoms with E-state index >= 15 is 0 Å². The normalized spacial score (nSPS) is 14.6. The molecule has 0 amide bonds. The van der Waals surface area contributed by atoms with Gasteiger partial charge in [0.1, 0.15) is 0 Å². The molecule has 1 aliphatic rings. The van der Waals surface area contributed by atoms with E-state index in [4.69, 9.17) is 0 Å². The van der Waals surface area contributed by atoms with Crippen LogP contribution in [-0.4, -0.2) is 27.0 Å². The van der Waals surface area contributed by atoms with Gasteiger partial charge in [0, 0.05) is 24.3 Å². The zero-order valence-corrected chi connectivity index (χ0v) is 14.9. The molecule has 0 radical (unpaired) electrons. The number of rotatable bonds is 5. The fourth-order valence-electron chi connectivity index (χ4n) is 3.06. The second-order valence-corrected chi connectivity index (χ2v) is 8.51. The first kappa shape index (κ1) is 17.8. The standard InChI is InChI=1S/C18H20F2N2O2S/c1-18(2,22-10-9-13-5-3-4-6-17(13)22)12-21-25(23,24)14-7-8-15(19)16(20)11-14/h3-8,11,21H,9-10,12H2,1-2H3. The molecule has 0 aliphatic carbocycles. The third-order valence-electron chi connectivity index (χ3n) is 4.51. The molecule has 3 rings (SSSR count). The number of fused-ring (bicyclic) bond motifs is 1. The van der Waals surface area contributed by atoms with Crippen molar-refractivity contribution in [1.82, 2.24) is 4.72 Å². The molecule has 0 aromatic heterocycles. The highest BCUT2D eigenvalue weighted by atomic mass is 32.2. The van der Waals surface area contributed by atoms with Crippen LogP contribution in [0.4, 0.5) is 14.5 Å². The van der Waals surface area contributed by atoms with Crippen LogP contribution in [-0.2, 0) is 16.4 Å². The lowest BCUT2D eigenvalue weighted by atomic mass is 10.0.